The second kappa shape index (κ2) is 15.9. The lowest BCUT2D eigenvalue weighted by atomic mass is 9.45. The van der Waals surface area contributed by atoms with Gasteiger partial charge < -0.3 is 15.0 Å². The highest BCUT2D eigenvalue weighted by molar-refractivity contribution is 7.89. The van der Waals surface area contributed by atoms with Crippen molar-refractivity contribution in [3.63, 3.8) is 0 Å². The Balaban J connectivity index is 1.39. The molecule has 1 heterocycles. The molecule has 3 saturated carbocycles. The minimum atomic E-state index is -5.14. The van der Waals surface area contributed by atoms with Crippen molar-refractivity contribution < 1.29 is 35.9 Å². The van der Waals surface area contributed by atoms with Crippen molar-refractivity contribution in [3.8, 4) is 5.75 Å². The number of carbonyl (C=O) groups is 2. The Hall–Kier alpha value is -3.00. The number of sulfonamides is 1. The zero-order valence-corrected chi connectivity index (χ0v) is 34.1. The maximum absolute atomic E-state index is 13.7. The molecule has 4 fully saturated rings. The molecule has 54 heavy (non-hydrogen) atoms. The fraction of sp³-hybridized carbons (Fsp3) is 0.659. The molecule has 1 N–H and O–H groups in total. The van der Waals surface area contributed by atoms with Gasteiger partial charge in [0.15, 0.2) is 0 Å². The van der Waals surface area contributed by atoms with Crippen molar-refractivity contribution in [1.29, 1.82) is 0 Å². The SMILES string of the molecule is Cc1ccc(OC(=O)C(F)(F)F)c(CN(Cc2cccc(CN3C(C(=O)N[C@H]4C[C@H]5C[C@@H]([C@@H]4C)C5(C)C)CCS3(=O)=O)c2)[C@H](CN(C)C)CC(C)(C)C)c1. The molecular weight excluding hydrogens is 718 g/mol. The molecule has 13 heteroatoms. The van der Waals surface area contributed by atoms with E-state index in [9.17, 15) is 31.2 Å². The quantitative estimate of drug-likeness (QED) is 0.174. The van der Waals surface area contributed by atoms with Crippen LogP contribution < -0.4 is 10.1 Å². The van der Waals surface area contributed by atoms with E-state index < -0.39 is 28.2 Å². The van der Waals surface area contributed by atoms with Crippen LogP contribution in [0.15, 0.2) is 42.5 Å². The van der Waals surface area contributed by atoms with Crippen LogP contribution in [0.4, 0.5) is 13.2 Å². The molecule has 6 atom stereocenters. The van der Waals surface area contributed by atoms with Crippen molar-refractivity contribution in [1.82, 2.24) is 19.4 Å². The van der Waals surface area contributed by atoms with Crippen LogP contribution in [-0.2, 0) is 39.2 Å². The van der Waals surface area contributed by atoms with Crippen molar-refractivity contribution >= 4 is 21.9 Å². The molecule has 3 aliphatic carbocycles. The first-order valence-corrected chi connectivity index (χ1v) is 20.7. The van der Waals surface area contributed by atoms with Gasteiger partial charge in [0.05, 0.1) is 5.75 Å². The highest BCUT2D eigenvalue weighted by Gasteiger charge is 2.57. The highest BCUT2D eigenvalue weighted by atomic mass is 32.2. The van der Waals surface area contributed by atoms with E-state index in [-0.39, 0.29) is 59.8 Å². The predicted molar refractivity (Wildman–Crippen MR) is 204 cm³/mol. The van der Waals surface area contributed by atoms with Gasteiger partial charge in [-0.3, -0.25) is 9.69 Å². The number of ether oxygens (including phenoxy) is 1. The number of benzene rings is 2. The molecular formula is C41H59F3N4O5S. The molecule has 1 amide bonds. The molecule has 9 nitrogen and oxygen atoms in total. The van der Waals surface area contributed by atoms with Gasteiger partial charge in [-0.25, -0.2) is 13.2 Å². The van der Waals surface area contributed by atoms with E-state index in [1.165, 1.54) is 16.8 Å². The molecule has 6 rings (SSSR count). The van der Waals surface area contributed by atoms with Gasteiger partial charge in [0, 0.05) is 43.8 Å². The number of likely N-dealkylation sites (N-methyl/N-ethyl adjacent to an activating group) is 1. The van der Waals surface area contributed by atoms with E-state index in [1.54, 1.807) is 12.1 Å². The van der Waals surface area contributed by atoms with Crippen LogP contribution in [0.2, 0.25) is 0 Å². The Kier molecular flexibility index (Phi) is 12.4. The van der Waals surface area contributed by atoms with Crippen molar-refractivity contribution in [2.45, 2.75) is 118 Å². The second-order valence-electron chi connectivity index (χ2n) is 18.1. The van der Waals surface area contributed by atoms with E-state index in [0.29, 0.717) is 36.4 Å². The smallest absolute Gasteiger partial charge is 0.420 e. The molecule has 1 saturated heterocycles. The van der Waals surface area contributed by atoms with Gasteiger partial charge in [0.2, 0.25) is 15.9 Å². The third-order valence-electron chi connectivity index (χ3n) is 12.0. The summed E-state index contributed by atoms with van der Waals surface area (Å²) in [6.07, 6.45) is -2.06. The standard InChI is InChI=1S/C41H59F3N4O5S/c1-26-13-14-36(53-38(50)41(42,43)44)30(17-26)24-47(32(25-46(8)9)21-39(3,4)5)22-28-11-10-12-29(18-28)23-48-35(15-16-54(48,51)52)37(49)45-34-20-31-19-33(27(34)2)40(31,6)7/h10-14,17-18,27,31-35H,15-16,19-25H2,1-9H3,(H,45,49)/t27-,31+,32-,33-,34-,35?/m0/s1. The Bertz CT molecular complexity index is 1790. The van der Waals surface area contributed by atoms with Gasteiger partial charge >= 0.3 is 12.1 Å². The molecule has 0 spiro atoms. The largest absolute Gasteiger partial charge is 0.491 e. The van der Waals surface area contributed by atoms with Crippen molar-refractivity contribution in [2.24, 2.45) is 28.6 Å². The van der Waals surface area contributed by atoms with E-state index >= 15 is 0 Å². The first-order valence-electron chi connectivity index (χ1n) is 19.1. The van der Waals surface area contributed by atoms with Crippen LogP contribution in [0.25, 0.3) is 0 Å². The maximum atomic E-state index is 13.7. The number of hydrogen-bond acceptors (Lipinski definition) is 7. The topological polar surface area (TPSA) is 99.3 Å². The average molecular weight is 777 g/mol. The zero-order valence-electron chi connectivity index (χ0n) is 33.3. The lowest BCUT2D eigenvalue weighted by molar-refractivity contribution is -0.189. The molecule has 0 aromatic heterocycles. The number of nitrogens with zero attached hydrogens (tertiary/aromatic N) is 3. The van der Waals surface area contributed by atoms with Crippen molar-refractivity contribution in [2.75, 3.05) is 26.4 Å². The first kappa shape index (κ1) is 42.1. The lowest BCUT2D eigenvalue weighted by Crippen LogP contribution is -2.61. The summed E-state index contributed by atoms with van der Waals surface area (Å²) in [6, 6.07) is 11.6. The summed E-state index contributed by atoms with van der Waals surface area (Å²) in [4.78, 5) is 29.9. The molecule has 2 aromatic carbocycles. The molecule has 300 valence electrons. The number of amides is 1. The number of aryl methyl sites for hydroxylation is 1. The molecule has 1 unspecified atom stereocenters. The van der Waals surface area contributed by atoms with Gasteiger partial charge in [-0.15, -0.1) is 0 Å². The van der Waals surface area contributed by atoms with Crippen LogP contribution in [0.1, 0.15) is 89.5 Å². The highest BCUT2D eigenvalue weighted by Crippen LogP contribution is 2.61. The minimum absolute atomic E-state index is 0.0304. The Morgan fingerprint density at radius 3 is 2.33 bits per heavy atom. The minimum Gasteiger partial charge on any atom is -0.420 e. The van der Waals surface area contributed by atoms with Gasteiger partial charge in [-0.05, 0) is 92.5 Å². The second-order valence-corrected chi connectivity index (χ2v) is 20.2. The Morgan fingerprint density at radius 2 is 1.72 bits per heavy atom. The lowest BCUT2D eigenvalue weighted by Gasteiger charge is -2.62. The Labute approximate surface area is 320 Å². The van der Waals surface area contributed by atoms with Crippen LogP contribution in [-0.4, -0.2) is 85.1 Å². The summed E-state index contributed by atoms with van der Waals surface area (Å²) in [7, 11) is 0.270. The zero-order chi connectivity index (χ0) is 40.0. The number of hydrogen-bond donors (Lipinski definition) is 1. The number of nitrogens with one attached hydrogen (secondary N) is 1. The predicted octanol–water partition coefficient (Wildman–Crippen LogP) is 6.92. The molecule has 4 aliphatic rings. The third kappa shape index (κ3) is 9.86. The van der Waals surface area contributed by atoms with Crippen LogP contribution >= 0.6 is 0 Å². The van der Waals surface area contributed by atoms with E-state index in [1.807, 2.05) is 45.3 Å². The Morgan fingerprint density at radius 1 is 1.04 bits per heavy atom. The number of carbonyl (C=O) groups excluding carboxylic acids is 2. The van der Waals surface area contributed by atoms with E-state index in [0.717, 1.165) is 29.5 Å². The fourth-order valence-electron chi connectivity index (χ4n) is 9.11. The number of rotatable bonds is 13. The van der Waals surface area contributed by atoms with Crippen LogP contribution in [0.3, 0.4) is 0 Å². The number of halogens is 3. The third-order valence-corrected chi connectivity index (χ3v) is 13.9. The van der Waals surface area contributed by atoms with Gasteiger partial charge in [0.1, 0.15) is 11.8 Å². The molecule has 1 aliphatic heterocycles. The molecule has 2 aromatic rings. The van der Waals surface area contributed by atoms with Gasteiger partial charge in [0.25, 0.3) is 0 Å². The van der Waals surface area contributed by atoms with Crippen molar-refractivity contribution in [3.05, 3.63) is 64.7 Å². The van der Waals surface area contributed by atoms with Gasteiger partial charge in [-0.2, -0.15) is 17.5 Å². The summed E-state index contributed by atoms with van der Waals surface area (Å²) >= 11 is 0. The summed E-state index contributed by atoms with van der Waals surface area (Å²) in [5.74, 6) is -1.32. The van der Waals surface area contributed by atoms with Crippen LogP contribution in [0.5, 0.6) is 5.75 Å². The maximum Gasteiger partial charge on any atom is 0.491 e. The molecule has 2 bridgehead atoms. The summed E-state index contributed by atoms with van der Waals surface area (Å²) in [5, 5.41) is 3.25. The normalized spacial score (nSPS) is 25.7. The van der Waals surface area contributed by atoms with E-state index in [2.05, 4.69) is 56.7 Å². The van der Waals surface area contributed by atoms with Gasteiger partial charge in [-0.1, -0.05) is 83.5 Å². The number of fused-ring (bicyclic) bond motifs is 2. The summed E-state index contributed by atoms with van der Waals surface area (Å²) in [6.45, 7) is 16.3. The monoisotopic (exact) mass is 776 g/mol. The summed E-state index contributed by atoms with van der Waals surface area (Å²) in [5.41, 5.74) is 3.05. The first-order chi connectivity index (χ1) is 24.9. The summed E-state index contributed by atoms with van der Waals surface area (Å²) < 4.78 is 72.8. The van der Waals surface area contributed by atoms with E-state index in [4.69, 9.17) is 4.74 Å². The number of esters is 1. The van der Waals surface area contributed by atoms with Crippen LogP contribution in [0, 0.1) is 35.5 Å². The average Bonchev–Trinajstić information content (AvgIpc) is 3.34. The number of alkyl halides is 3. The molecule has 0 radical (unpaired) electrons. The fourth-order valence-corrected chi connectivity index (χ4v) is 10.8.